The van der Waals surface area contributed by atoms with Crippen LogP contribution in [-0.4, -0.2) is 19.7 Å². The maximum atomic E-state index is 5.35. The highest BCUT2D eigenvalue weighted by Gasteiger charge is 2.25. The van der Waals surface area contributed by atoms with Crippen LogP contribution in [-0.2, 0) is 12.8 Å². The number of hydrogen-bond acceptors (Lipinski definition) is 2. The number of ether oxygens (including phenoxy) is 1. The first-order chi connectivity index (χ1) is 9.76. The molecule has 2 heteroatoms. The minimum atomic E-state index is 0.655. The zero-order chi connectivity index (χ0) is 13.9. The molecule has 110 valence electrons. The first-order valence-corrected chi connectivity index (χ1v) is 8.15. The normalized spacial score (nSPS) is 29.2. The summed E-state index contributed by atoms with van der Waals surface area (Å²) in [6, 6.07) is 7.21. The van der Waals surface area contributed by atoms with E-state index in [2.05, 4.69) is 30.4 Å². The molecular formula is C18H27NO. The van der Waals surface area contributed by atoms with Crippen molar-refractivity contribution < 1.29 is 4.74 Å². The molecule has 1 fully saturated rings. The monoisotopic (exact) mass is 273 g/mol. The molecule has 1 aromatic rings. The predicted octanol–water partition coefficient (Wildman–Crippen LogP) is 3.58. The summed E-state index contributed by atoms with van der Waals surface area (Å²) in [6.07, 6.45) is 7.92. The fraction of sp³-hybridized carbons (Fsp3) is 0.667. The molecule has 0 spiro atoms. The second-order valence-electron chi connectivity index (χ2n) is 6.65. The second kappa shape index (κ2) is 6.17. The van der Waals surface area contributed by atoms with E-state index in [9.17, 15) is 0 Å². The summed E-state index contributed by atoms with van der Waals surface area (Å²) in [5.74, 6) is 2.81. The molecule has 1 aromatic carbocycles. The standard InChI is InChI=1S/C18H27NO/c1-13-4-3-5-15(13)12-19-17-8-6-14-7-9-18(20-2)11-16(14)10-17/h7,9,11,13,15,17,19H,3-6,8,10,12H2,1-2H3. The Morgan fingerprint density at radius 3 is 2.85 bits per heavy atom. The van der Waals surface area contributed by atoms with E-state index in [0.29, 0.717) is 6.04 Å². The summed E-state index contributed by atoms with van der Waals surface area (Å²) in [5.41, 5.74) is 2.99. The summed E-state index contributed by atoms with van der Waals surface area (Å²) >= 11 is 0. The third kappa shape index (κ3) is 3.01. The first kappa shape index (κ1) is 13.9. The lowest BCUT2D eigenvalue weighted by Gasteiger charge is -2.28. The van der Waals surface area contributed by atoms with Gasteiger partial charge in [-0.25, -0.2) is 0 Å². The van der Waals surface area contributed by atoms with Crippen molar-refractivity contribution in [2.75, 3.05) is 13.7 Å². The number of benzene rings is 1. The van der Waals surface area contributed by atoms with Gasteiger partial charge in [0.2, 0.25) is 0 Å². The third-order valence-corrected chi connectivity index (χ3v) is 5.35. The number of rotatable bonds is 4. The highest BCUT2D eigenvalue weighted by Crippen LogP contribution is 2.31. The molecule has 0 saturated heterocycles. The Labute approximate surface area is 122 Å². The average molecular weight is 273 g/mol. The van der Waals surface area contributed by atoms with Crippen LogP contribution < -0.4 is 10.1 Å². The van der Waals surface area contributed by atoms with Gasteiger partial charge in [-0.15, -0.1) is 0 Å². The molecular weight excluding hydrogens is 246 g/mol. The summed E-state index contributed by atoms with van der Waals surface area (Å²) in [4.78, 5) is 0. The fourth-order valence-electron chi connectivity index (χ4n) is 3.88. The molecule has 2 aliphatic rings. The van der Waals surface area contributed by atoms with Gasteiger partial charge in [-0.05, 0) is 67.3 Å². The smallest absolute Gasteiger partial charge is 0.119 e. The number of aryl methyl sites for hydroxylation is 1. The van der Waals surface area contributed by atoms with Crippen molar-refractivity contribution in [3.05, 3.63) is 29.3 Å². The summed E-state index contributed by atoms with van der Waals surface area (Å²) in [7, 11) is 1.75. The van der Waals surface area contributed by atoms with Crippen LogP contribution in [0.4, 0.5) is 0 Å². The van der Waals surface area contributed by atoms with Crippen molar-refractivity contribution in [3.8, 4) is 5.75 Å². The van der Waals surface area contributed by atoms with Crippen LogP contribution in [0.3, 0.4) is 0 Å². The molecule has 2 nitrogen and oxygen atoms in total. The molecule has 1 N–H and O–H groups in total. The highest BCUT2D eigenvalue weighted by atomic mass is 16.5. The second-order valence-corrected chi connectivity index (χ2v) is 6.65. The molecule has 3 rings (SSSR count). The Morgan fingerprint density at radius 2 is 2.10 bits per heavy atom. The van der Waals surface area contributed by atoms with Crippen molar-refractivity contribution in [2.24, 2.45) is 11.8 Å². The van der Waals surface area contributed by atoms with Crippen LogP contribution in [0.2, 0.25) is 0 Å². The SMILES string of the molecule is COc1ccc2c(c1)CC(NCC1CCCC1C)CC2. The van der Waals surface area contributed by atoms with Crippen molar-refractivity contribution in [1.29, 1.82) is 0 Å². The van der Waals surface area contributed by atoms with E-state index in [1.165, 1.54) is 49.8 Å². The van der Waals surface area contributed by atoms with Gasteiger partial charge in [-0.1, -0.05) is 25.8 Å². The summed E-state index contributed by atoms with van der Waals surface area (Å²) in [5, 5.41) is 3.83. The molecule has 20 heavy (non-hydrogen) atoms. The molecule has 0 amide bonds. The minimum Gasteiger partial charge on any atom is -0.497 e. The van der Waals surface area contributed by atoms with E-state index in [4.69, 9.17) is 4.74 Å². The Kier molecular flexibility index (Phi) is 4.30. The minimum absolute atomic E-state index is 0.655. The number of hydrogen-bond donors (Lipinski definition) is 1. The lowest BCUT2D eigenvalue weighted by Crippen LogP contribution is -2.38. The van der Waals surface area contributed by atoms with Gasteiger partial charge in [0, 0.05) is 6.04 Å². The Bertz CT molecular complexity index is 457. The number of nitrogens with one attached hydrogen (secondary N) is 1. The lowest BCUT2D eigenvalue weighted by atomic mass is 9.87. The van der Waals surface area contributed by atoms with E-state index in [1.54, 1.807) is 7.11 Å². The fourth-order valence-corrected chi connectivity index (χ4v) is 3.88. The number of fused-ring (bicyclic) bond motifs is 1. The van der Waals surface area contributed by atoms with E-state index < -0.39 is 0 Å². The first-order valence-electron chi connectivity index (χ1n) is 8.15. The molecule has 1 saturated carbocycles. The largest absolute Gasteiger partial charge is 0.497 e. The van der Waals surface area contributed by atoms with Gasteiger partial charge in [0.25, 0.3) is 0 Å². The molecule has 2 aliphatic carbocycles. The summed E-state index contributed by atoms with van der Waals surface area (Å²) in [6.45, 7) is 3.63. The van der Waals surface area contributed by atoms with Gasteiger partial charge < -0.3 is 10.1 Å². The predicted molar refractivity (Wildman–Crippen MR) is 83.3 cm³/mol. The van der Waals surface area contributed by atoms with Crippen LogP contribution in [0, 0.1) is 11.8 Å². The van der Waals surface area contributed by atoms with E-state index in [-0.39, 0.29) is 0 Å². The Morgan fingerprint density at radius 1 is 1.20 bits per heavy atom. The molecule has 3 unspecified atom stereocenters. The molecule has 0 aliphatic heterocycles. The van der Waals surface area contributed by atoms with Crippen LogP contribution in [0.15, 0.2) is 18.2 Å². The maximum absolute atomic E-state index is 5.35. The van der Waals surface area contributed by atoms with Gasteiger partial charge >= 0.3 is 0 Å². The quantitative estimate of drug-likeness (QED) is 0.905. The van der Waals surface area contributed by atoms with Gasteiger partial charge in [0.15, 0.2) is 0 Å². The van der Waals surface area contributed by atoms with Crippen molar-refractivity contribution in [3.63, 3.8) is 0 Å². The third-order valence-electron chi connectivity index (χ3n) is 5.35. The van der Waals surface area contributed by atoms with Gasteiger partial charge in [-0.2, -0.15) is 0 Å². The van der Waals surface area contributed by atoms with E-state index >= 15 is 0 Å². The van der Waals surface area contributed by atoms with Gasteiger partial charge in [0.1, 0.15) is 5.75 Å². The highest BCUT2D eigenvalue weighted by molar-refractivity contribution is 5.37. The van der Waals surface area contributed by atoms with E-state index in [0.717, 1.165) is 24.0 Å². The molecule has 0 aromatic heterocycles. The molecule has 3 atom stereocenters. The summed E-state index contributed by atoms with van der Waals surface area (Å²) < 4.78 is 5.35. The van der Waals surface area contributed by atoms with Crippen LogP contribution in [0.1, 0.15) is 43.7 Å². The van der Waals surface area contributed by atoms with Gasteiger partial charge in [-0.3, -0.25) is 0 Å². The van der Waals surface area contributed by atoms with Crippen molar-refractivity contribution in [2.45, 2.75) is 51.5 Å². The molecule has 0 heterocycles. The maximum Gasteiger partial charge on any atom is 0.119 e. The van der Waals surface area contributed by atoms with Gasteiger partial charge in [0.05, 0.1) is 7.11 Å². The number of methoxy groups -OCH3 is 1. The van der Waals surface area contributed by atoms with Crippen molar-refractivity contribution >= 4 is 0 Å². The van der Waals surface area contributed by atoms with Crippen molar-refractivity contribution in [1.82, 2.24) is 5.32 Å². The van der Waals surface area contributed by atoms with E-state index in [1.807, 2.05) is 0 Å². The van der Waals surface area contributed by atoms with Crippen LogP contribution >= 0.6 is 0 Å². The average Bonchev–Trinajstić information content (AvgIpc) is 2.89. The lowest BCUT2D eigenvalue weighted by molar-refractivity contribution is 0.351. The van der Waals surface area contributed by atoms with Crippen LogP contribution in [0.5, 0.6) is 5.75 Å². The molecule has 0 radical (unpaired) electrons. The zero-order valence-corrected chi connectivity index (χ0v) is 12.8. The zero-order valence-electron chi connectivity index (χ0n) is 12.8. The Hall–Kier alpha value is -1.02. The molecule has 0 bridgehead atoms. The topological polar surface area (TPSA) is 21.3 Å². The Balaban J connectivity index is 1.57. The van der Waals surface area contributed by atoms with Crippen LogP contribution in [0.25, 0.3) is 0 Å².